The number of ether oxygens (including phenoxy) is 1. The van der Waals surface area contributed by atoms with Crippen LogP contribution in [0.15, 0.2) is 41.4 Å². The van der Waals surface area contributed by atoms with Crippen LogP contribution in [0.25, 0.3) is 10.2 Å². The van der Waals surface area contributed by atoms with Crippen LogP contribution in [0.1, 0.15) is 29.7 Å². The minimum Gasteiger partial charge on any atom is -0.480 e. The fourth-order valence-corrected chi connectivity index (χ4v) is 3.99. The van der Waals surface area contributed by atoms with Gasteiger partial charge in [-0.2, -0.15) is 4.99 Å². The van der Waals surface area contributed by atoms with Gasteiger partial charge in [-0.25, -0.2) is 13.6 Å². The number of carboxylic acids is 1. The second-order valence-corrected chi connectivity index (χ2v) is 7.28. The van der Waals surface area contributed by atoms with Crippen molar-refractivity contribution in [3.63, 3.8) is 0 Å². The number of hydrogen-bond donors (Lipinski definition) is 1. The Morgan fingerprint density at radius 2 is 1.81 bits per heavy atom. The van der Waals surface area contributed by atoms with Crippen LogP contribution in [-0.2, 0) is 4.79 Å². The number of carbonyl (C=O) groups is 2. The fraction of sp³-hybridized carbons (Fsp3) is 0.211. The lowest BCUT2D eigenvalue weighted by atomic mass is 10.2. The van der Waals surface area contributed by atoms with Crippen LogP contribution in [0, 0.1) is 11.6 Å². The van der Waals surface area contributed by atoms with Crippen LogP contribution < -0.4 is 9.54 Å². The normalized spacial score (nSPS) is 13.4. The highest BCUT2D eigenvalue weighted by Crippen LogP contribution is 2.30. The van der Waals surface area contributed by atoms with Crippen molar-refractivity contribution in [2.24, 2.45) is 4.99 Å². The summed E-state index contributed by atoms with van der Waals surface area (Å²) in [6.07, 6.45) is -4.86. The molecule has 1 heterocycles. The largest absolute Gasteiger partial charge is 0.573 e. The standard InChI is InChI=1S/C19H13F5N2O4S/c1-2-13(17(28)29)26-14-4-3-12(30-19(22,23)24)8-15(14)31-18(26)25-16(27)9-5-10(20)7-11(21)6-9/h3-8,13H,2H2,1H3,(H,28,29)/b25-18-. The third-order valence-corrected chi connectivity index (χ3v) is 5.14. The molecule has 0 saturated heterocycles. The van der Waals surface area contributed by atoms with Gasteiger partial charge in [0.05, 0.1) is 10.2 Å². The Bertz CT molecular complexity index is 1210. The maximum Gasteiger partial charge on any atom is 0.573 e. The highest BCUT2D eigenvalue weighted by Gasteiger charge is 2.31. The fourth-order valence-electron chi connectivity index (χ4n) is 2.90. The van der Waals surface area contributed by atoms with Crippen LogP contribution in [-0.4, -0.2) is 27.9 Å². The monoisotopic (exact) mass is 460 g/mol. The number of thiazole rings is 1. The number of rotatable bonds is 5. The first-order chi connectivity index (χ1) is 14.5. The first-order valence-electron chi connectivity index (χ1n) is 8.67. The molecule has 0 fully saturated rings. The van der Waals surface area contributed by atoms with Gasteiger partial charge in [-0.05, 0) is 36.8 Å². The van der Waals surface area contributed by atoms with Crippen LogP contribution in [0.3, 0.4) is 0 Å². The number of halogens is 5. The van der Waals surface area contributed by atoms with E-state index in [4.69, 9.17) is 0 Å². The van der Waals surface area contributed by atoms with E-state index in [1.807, 2.05) is 0 Å². The molecule has 0 aliphatic carbocycles. The number of alkyl halides is 3. The minimum absolute atomic E-state index is 0.0674. The lowest BCUT2D eigenvalue weighted by Crippen LogP contribution is -2.27. The van der Waals surface area contributed by atoms with Gasteiger partial charge in [0.1, 0.15) is 23.4 Å². The molecule has 12 heteroatoms. The van der Waals surface area contributed by atoms with Crippen molar-refractivity contribution in [2.75, 3.05) is 0 Å². The molecule has 31 heavy (non-hydrogen) atoms. The average Bonchev–Trinajstić information content (AvgIpc) is 2.97. The molecule has 1 aromatic heterocycles. The molecular weight excluding hydrogens is 447 g/mol. The van der Waals surface area contributed by atoms with Gasteiger partial charge in [0.2, 0.25) is 0 Å². The second-order valence-electron chi connectivity index (χ2n) is 6.27. The second kappa shape index (κ2) is 8.46. The van der Waals surface area contributed by atoms with E-state index in [9.17, 15) is 36.6 Å². The maximum atomic E-state index is 13.4. The summed E-state index contributed by atoms with van der Waals surface area (Å²) in [6.45, 7) is 1.56. The number of hydrogen-bond acceptors (Lipinski definition) is 4. The van der Waals surface area contributed by atoms with Gasteiger partial charge in [0.15, 0.2) is 4.80 Å². The SMILES string of the molecule is CCC(C(=O)O)n1/c(=N/C(=O)c2cc(F)cc(F)c2)sc2cc(OC(F)(F)F)ccc21. The highest BCUT2D eigenvalue weighted by atomic mass is 32.1. The van der Waals surface area contributed by atoms with Crippen molar-refractivity contribution < 1.29 is 41.4 Å². The van der Waals surface area contributed by atoms with Crippen molar-refractivity contribution in [1.82, 2.24) is 4.57 Å². The van der Waals surface area contributed by atoms with Gasteiger partial charge in [0.25, 0.3) is 5.91 Å². The summed E-state index contributed by atoms with van der Waals surface area (Å²) < 4.78 is 69.6. The summed E-state index contributed by atoms with van der Waals surface area (Å²) in [5, 5.41) is 9.54. The molecule has 3 aromatic rings. The van der Waals surface area contributed by atoms with Crippen molar-refractivity contribution in [2.45, 2.75) is 25.7 Å². The molecule has 0 spiro atoms. The zero-order valence-electron chi connectivity index (χ0n) is 15.6. The molecule has 0 saturated carbocycles. The van der Waals surface area contributed by atoms with E-state index in [1.165, 1.54) is 10.6 Å². The zero-order valence-corrected chi connectivity index (χ0v) is 16.4. The van der Waals surface area contributed by atoms with E-state index in [0.717, 1.165) is 35.6 Å². The number of nitrogens with zero attached hydrogens (tertiary/aromatic N) is 2. The first-order valence-corrected chi connectivity index (χ1v) is 9.49. The molecule has 1 unspecified atom stereocenters. The quantitative estimate of drug-likeness (QED) is 0.562. The molecule has 3 rings (SSSR count). The first kappa shape index (κ1) is 22.4. The molecule has 6 nitrogen and oxygen atoms in total. The molecule has 164 valence electrons. The van der Waals surface area contributed by atoms with Crippen molar-refractivity contribution in [3.05, 3.63) is 58.4 Å². The van der Waals surface area contributed by atoms with E-state index < -0.39 is 47.2 Å². The third-order valence-electron chi connectivity index (χ3n) is 4.12. The number of aromatic nitrogens is 1. The summed E-state index contributed by atoms with van der Waals surface area (Å²) in [6, 6.07) is 4.14. The summed E-state index contributed by atoms with van der Waals surface area (Å²) in [5.74, 6) is -4.86. The van der Waals surface area contributed by atoms with Gasteiger partial charge in [-0.3, -0.25) is 4.79 Å². The highest BCUT2D eigenvalue weighted by molar-refractivity contribution is 7.16. The molecular formula is C19H13F5N2O4S. The predicted octanol–water partition coefficient (Wildman–Crippen LogP) is 4.66. The molecule has 1 N–H and O–H groups in total. The maximum absolute atomic E-state index is 13.4. The van der Waals surface area contributed by atoms with Crippen LogP contribution in [0.4, 0.5) is 22.0 Å². The van der Waals surface area contributed by atoms with Crippen molar-refractivity contribution in [1.29, 1.82) is 0 Å². The van der Waals surface area contributed by atoms with Crippen molar-refractivity contribution >= 4 is 33.4 Å². The topological polar surface area (TPSA) is 80.9 Å². The van der Waals surface area contributed by atoms with Gasteiger partial charge in [0, 0.05) is 11.6 Å². The van der Waals surface area contributed by atoms with Crippen LogP contribution >= 0.6 is 11.3 Å². The Labute approximate surface area is 174 Å². The molecule has 0 bridgehead atoms. The Morgan fingerprint density at radius 1 is 1.16 bits per heavy atom. The summed E-state index contributed by atoms with van der Waals surface area (Å²) in [5.41, 5.74) is -0.211. The number of amides is 1. The Balaban J connectivity index is 2.21. The van der Waals surface area contributed by atoms with E-state index in [1.54, 1.807) is 6.92 Å². The van der Waals surface area contributed by atoms with Crippen LogP contribution in [0.5, 0.6) is 5.75 Å². The zero-order chi connectivity index (χ0) is 22.9. The van der Waals surface area contributed by atoms with Gasteiger partial charge < -0.3 is 14.4 Å². The molecule has 0 aliphatic heterocycles. The molecule has 0 radical (unpaired) electrons. The lowest BCUT2D eigenvalue weighted by molar-refractivity contribution is -0.274. The third kappa shape index (κ3) is 5.08. The van der Waals surface area contributed by atoms with Gasteiger partial charge >= 0.3 is 12.3 Å². The lowest BCUT2D eigenvalue weighted by Gasteiger charge is -2.14. The molecule has 1 atom stereocenters. The number of benzene rings is 2. The number of carboxylic acid groups (broad SMARTS) is 1. The van der Waals surface area contributed by atoms with Crippen molar-refractivity contribution in [3.8, 4) is 5.75 Å². The Hall–Kier alpha value is -3.28. The molecule has 1 amide bonds. The smallest absolute Gasteiger partial charge is 0.480 e. The van der Waals surface area contributed by atoms with Crippen LogP contribution in [0.2, 0.25) is 0 Å². The predicted molar refractivity (Wildman–Crippen MR) is 99.7 cm³/mol. The summed E-state index contributed by atoms with van der Waals surface area (Å²) >= 11 is 0.734. The van der Waals surface area contributed by atoms with E-state index in [2.05, 4.69) is 9.73 Å². The van der Waals surface area contributed by atoms with E-state index in [0.29, 0.717) is 6.07 Å². The molecule has 2 aromatic carbocycles. The average molecular weight is 460 g/mol. The molecule has 0 aliphatic rings. The summed E-state index contributed by atoms with van der Waals surface area (Å²) in [4.78, 5) is 27.8. The number of aliphatic carboxylic acids is 1. The van der Waals surface area contributed by atoms with Gasteiger partial charge in [-0.15, -0.1) is 13.2 Å². The summed E-state index contributed by atoms with van der Waals surface area (Å²) in [7, 11) is 0. The van der Waals surface area contributed by atoms with E-state index in [-0.39, 0.29) is 21.4 Å². The number of fused-ring (bicyclic) bond motifs is 1. The minimum atomic E-state index is -4.93. The van der Waals surface area contributed by atoms with Gasteiger partial charge in [-0.1, -0.05) is 18.3 Å². The Kier molecular flexibility index (Phi) is 6.11. The van der Waals surface area contributed by atoms with E-state index >= 15 is 0 Å². The Morgan fingerprint density at radius 3 is 2.35 bits per heavy atom. The number of carbonyl (C=O) groups excluding carboxylic acids is 1.